The van der Waals surface area contributed by atoms with Crippen molar-refractivity contribution in [3.63, 3.8) is 0 Å². The van der Waals surface area contributed by atoms with Crippen LogP contribution in [0.4, 0.5) is 13.2 Å². The summed E-state index contributed by atoms with van der Waals surface area (Å²) in [5.41, 5.74) is 0. The van der Waals surface area contributed by atoms with E-state index in [1.807, 2.05) is 0 Å². The standard InChI is InChI=1S/CHF3.3ClH.H2NOP.O2S/c2-1(3)4;;;;2*1-3-2/h1H;3*1H;1,3H;. The number of hydrogen-bond acceptors (Lipinski definition) is 4. The van der Waals surface area contributed by atoms with Crippen molar-refractivity contribution < 1.29 is 26.2 Å². The highest BCUT2D eigenvalue weighted by atomic mass is 35.5. The molecule has 0 aliphatic heterocycles. The second-order valence-corrected chi connectivity index (χ2v) is 0.758. The molecule has 1 unspecified atom stereocenters. The number of nitrogens with one attached hydrogen (secondary N) is 1. The van der Waals surface area contributed by atoms with Crippen molar-refractivity contribution in [3.8, 4) is 0 Å². The van der Waals surface area contributed by atoms with E-state index in [0.29, 0.717) is 0 Å². The van der Waals surface area contributed by atoms with E-state index in [9.17, 15) is 13.2 Å². The third-order valence-corrected chi connectivity index (χ3v) is 0. The second-order valence-electron chi connectivity index (χ2n) is 0.418. The zero-order chi connectivity index (χ0) is 8.99. The highest BCUT2D eigenvalue weighted by molar-refractivity contribution is 7.51. The van der Waals surface area contributed by atoms with Gasteiger partial charge in [-0.3, -0.25) is 9.73 Å². The molecular weight excluding hydrogens is 300 g/mol. The Morgan fingerprint density at radius 3 is 1.08 bits per heavy atom. The van der Waals surface area contributed by atoms with Crippen LogP contribution < -0.4 is 0 Å². The first-order valence-corrected chi connectivity index (χ1v) is 3.02. The zero-order valence-electron chi connectivity index (χ0n) is 5.57. The molecule has 12 heteroatoms. The van der Waals surface area contributed by atoms with Gasteiger partial charge >= 0.3 is 18.3 Å². The van der Waals surface area contributed by atoms with Gasteiger partial charge in [0.1, 0.15) is 0 Å². The molecule has 0 aromatic carbocycles. The van der Waals surface area contributed by atoms with Crippen molar-refractivity contribution in [2.75, 3.05) is 0 Å². The molecule has 1 N–H and O–H groups in total. The first-order chi connectivity index (χ1) is 4.56. The Morgan fingerprint density at radius 2 is 1.08 bits per heavy atom. The topological polar surface area (TPSA) is 75.1 Å². The van der Waals surface area contributed by atoms with Gasteiger partial charge in [-0.2, -0.15) is 21.6 Å². The average molecular weight is 306 g/mol. The Balaban J connectivity index is -0.0000000128. The number of alkyl halides is 3. The molecule has 0 rings (SSSR count). The fourth-order valence-corrected chi connectivity index (χ4v) is 0. The van der Waals surface area contributed by atoms with E-state index in [4.69, 9.17) is 18.1 Å². The van der Waals surface area contributed by atoms with E-state index in [2.05, 4.69) is 0 Å². The number of hydrogen-bond donors (Lipinski definition) is 1. The SMILES string of the molecule is Cl.Cl.Cl.FC(F)F.N=[PH]=O.O=S=O. The minimum absolute atomic E-state index is 0. The molecule has 0 aromatic heterocycles. The van der Waals surface area contributed by atoms with Gasteiger partial charge in [-0.05, 0) is 0 Å². The third kappa shape index (κ3) is 9240. The van der Waals surface area contributed by atoms with E-state index in [-0.39, 0.29) is 37.2 Å². The smallest absolute Gasteiger partial charge is 0.265 e. The summed E-state index contributed by atoms with van der Waals surface area (Å²) in [5, 5.41) is 5.68. The molecule has 0 radical (unpaired) electrons. The second kappa shape index (κ2) is 55.4. The molecule has 0 bridgehead atoms. The van der Waals surface area contributed by atoms with Crippen LogP contribution in [0.15, 0.2) is 0 Å². The molecule has 0 aromatic rings. The maximum atomic E-state index is 9.67. The molecule has 0 spiro atoms. The van der Waals surface area contributed by atoms with Gasteiger partial charge in [0, 0.05) is 0 Å². The van der Waals surface area contributed by atoms with Crippen LogP contribution in [0, 0.1) is 5.16 Å². The van der Waals surface area contributed by atoms with Gasteiger partial charge in [-0.1, -0.05) is 0 Å². The molecule has 4 nitrogen and oxygen atoms in total. The highest BCUT2D eigenvalue weighted by Crippen LogP contribution is 1.87. The van der Waals surface area contributed by atoms with E-state index in [1.54, 1.807) is 0 Å². The van der Waals surface area contributed by atoms with Crippen LogP contribution in [0.25, 0.3) is 0 Å². The highest BCUT2D eigenvalue weighted by Gasteiger charge is 1.86. The monoisotopic (exact) mass is 305 g/mol. The van der Waals surface area contributed by atoms with E-state index in [0.717, 1.165) is 0 Å². The van der Waals surface area contributed by atoms with Crippen molar-refractivity contribution in [2.24, 2.45) is 0 Å². The van der Waals surface area contributed by atoms with Crippen molar-refractivity contribution in [1.29, 1.82) is 5.16 Å². The van der Waals surface area contributed by atoms with Crippen LogP contribution in [0.2, 0.25) is 0 Å². The quantitative estimate of drug-likeness (QED) is 0.699. The van der Waals surface area contributed by atoms with Crippen LogP contribution >= 0.6 is 45.5 Å². The summed E-state index contributed by atoms with van der Waals surface area (Å²) in [6.07, 6.45) is 0. The van der Waals surface area contributed by atoms with Gasteiger partial charge in [-0.25, -0.2) is 0 Å². The lowest BCUT2D eigenvalue weighted by Gasteiger charge is -1.65. The molecule has 1 atom stereocenters. The first kappa shape index (κ1) is 37.7. The maximum absolute atomic E-state index is 9.67. The summed E-state index contributed by atoms with van der Waals surface area (Å²) < 4.78 is 54.2. The number of rotatable bonds is 0. The molecule has 0 amide bonds. The normalized spacial score (nSPS) is 5.23. The third-order valence-electron chi connectivity index (χ3n) is 0. The molecule has 0 saturated carbocycles. The molecule has 13 heavy (non-hydrogen) atoms. The van der Waals surface area contributed by atoms with Crippen LogP contribution in [-0.2, 0) is 16.1 Å². The van der Waals surface area contributed by atoms with E-state index in [1.165, 1.54) is 0 Å². The summed E-state index contributed by atoms with van der Waals surface area (Å²) >= 11 is -0.750. The van der Waals surface area contributed by atoms with Gasteiger partial charge in [0.15, 0.2) is 8.25 Å². The molecule has 86 valence electrons. The molecular formula is CH6Cl3F3NO3PS. The molecule has 0 heterocycles. The lowest BCUT2D eigenvalue weighted by molar-refractivity contribution is 0.00819. The summed E-state index contributed by atoms with van der Waals surface area (Å²) in [7, 11) is -0.917. The van der Waals surface area contributed by atoms with Gasteiger partial charge in [0.25, 0.3) is 0 Å². The molecule has 0 aliphatic rings. The predicted molar refractivity (Wildman–Crippen MR) is 49.5 cm³/mol. The van der Waals surface area contributed by atoms with Crippen molar-refractivity contribution in [2.45, 2.75) is 6.68 Å². The Kier molecular flexibility index (Phi) is 160. The molecule has 0 aliphatic carbocycles. The maximum Gasteiger partial charge on any atom is 0.379 e. The minimum atomic E-state index is -3.67. The van der Waals surface area contributed by atoms with E-state index < -0.39 is 26.5 Å². The summed E-state index contributed by atoms with van der Waals surface area (Å²) in [4.78, 5) is 0. The Bertz CT molecular complexity index is 114. The van der Waals surface area contributed by atoms with Gasteiger partial charge in [0.2, 0.25) is 0 Å². The summed E-state index contributed by atoms with van der Waals surface area (Å²) in [5.74, 6) is 0. The van der Waals surface area contributed by atoms with Crippen LogP contribution in [0.1, 0.15) is 0 Å². The van der Waals surface area contributed by atoms with Crippen LogP contribution in [0.3, 0.4) is 0 Å². The average Bonchev–Trinajstić information content (AvgIpc) is 1.65. The number of halogens is 6. The van der Waals surface area contributed by atoms with Crippen molar-refractivity contribution >= 4 is 57.0 Å². The van der Waals surface area contributed by atoms with Gasteiger partial charge in [0.05, 0.1) is 0 Å². The predicted octanol–water partition coefficient (Wildman–Crippen LogP) is 2.55. The van der Waals surface area contributed by atoms with Gasteiger partial charge in [-0.15, -0.1) is 37.2 Å². The zero-order valence-corrected chi connectivity index (χ0v) is 9.83. The van der Waals surface area contributed by atoms with Crippen molar-refractivity contribution in [1.82, 2.24) is 0 Å². The Morgan fingerprint density at radius 1 is 1.08 bits per heavy atom. The Labute approximate surface area is 95.2 Å². The molecule has 0 saturated heterocycles. The summed E-state index contributed by atoms with van der Waals surface area (Å²) in [6.45, 7) is -3.67. The van der Waals surface area contributed by atoms with Crippen LogP contribution in [-0.4, -0.2) is 15.1 Å². The van der Waals surface area contributed by atoms with Crippen LogP contribution in [0.5, 0.6) is 0 Å². The van der Waals surface area contributed by atoms with E-state index >= 15 is 0 Å². The van der Waals surface area contributed by atoms with Crippen molar-refractivity contribution in [3.05, 3.63) is 0 Å². The largest absolute Gasteiger partial charge is 0.379 e. The molecule has 0 fully saturated rings. The lowest BCUT2D eigenvalue weighted by Crippen LogP contribution is -1.65. The Hall–Kier alpha value is 0.380. The fourth-order valence-electron chi connectivity index (χ4n) is 0. The first-order valence-electron chi connectivity index (χ1n) is 1.44. The fraction of sp³-hybridized carbons (Fsp3) is 1.00. The van der Waals surface area contributed by atoms with Gasteiger partial charge < -0.3 is 0 Å². The summed E-state index contributed by atoms with van der Waals surface area (Å²) in [6, 6.07) is 0. The minimum Gasteiger partial charge on any atom is -0.265 e. The lowest BCUT2D eigenvalue weighted by atomic mass is 11.6.